The molecule has 2 rings (SSSR count). The maximum absolute atomic E-state index is 13.6. The second-order valence-corrected chi connectivity index (χ2v) is 4.99. The molecule has 1 atom stereocenters. The van der Waals surface area contributed by atoms with Crippen molar-refractivity contribution in [3.63, 3.8) is 0 Å². The van der Waals surface area contributed by atoms with Crippen molar-refractivity contribution in [1.29, 1.82) is 0 Å². The molecule has 0 fully saturated rings. The Balaban J connectivity index is 2.38. The van der Waals surface area contributed by atoms with Gasteiger partial charge in [-0.2, -0.15) is 0 Å². The van der Waals surface area contributed by atoms with Gasteiger partial charge in [0, 0.05) is 4.47 Å². The lowest BCUT2D eigenvalue weighted by atomic mass is 9.99. The van der Waals surface area contributed by atoms with E-state index in [1.807, 2.05) is 0 Å². The monoisotopic (exact) mass is 327 g/mol. The van der Waals surface area contributed by atoms with Crippen LogP contribution in [0, 0.1) is 11.6 Å². The van der Waals surface area contributed by atoms with E-state index >= 15 is 0 Å². The van der Waals surface area contributed by atoms with Crippen LogP contribution in [0.15, 0.2) is 40.9 Å². The summed E-state index contributed by atoms with van der Waals surface area (Å²) in [6, 6.07) is 8.22. The molecule has 2 nitrogen and oxygen atoms in total. The van der Waals surface area contributed by atoms with Gasteiger partial charge in [0.25, 0.3) is 0 Å². The molecular formula is C14H12BrF2NO. The number of rotatable bonds is 3. The van der Waals surface area contributed by atoms with E-state index < -0.39 is 17.7 Å². The minimum absolute atomic E-state index is 0.149. The second-order valence-electron chi connectivity index (χ2n) is 4.07. The van der Waals surface area contributed by atoms with Crippen molar-refractivity contribution in [3.05, 3.63) is 63.6 Å². The maximum Gasteiger partial charge on any atom is 0.165 e. The van der Waals surface area contributed by atoms with Crippen molar-refractivity contribution >= 4 is 15.9 Å². The van der Waals surface area contributed by atoms with Gasteiger partial charge in [-0.1, -0.05) is 22.0 Å². The first kappa shape index (κ1) is 14.0. The predicted octanol–water partition coefficient (Wildman–Crippen LogP) is 3.78. The molecule has 0 radical (unpaired) electrons. The fourth-order valence-electron chi connectivity index (χ4n) is 1.82. The molecule has 2 aromatic carbocycles. The molecule has 0 aromatic heterocycles. The number of hydrogen-bond acceptors (Lipinski definition) is 2. The van der Waals surface area contributed by atoms with Crippen molar-refractivity contribution in [1.82, 2.24) is 0 Å². The minimum atomic E-state index is -0.604. The summed E-state index contributed by atoms with van der Waals surface area (Å²) in [6.07, 6.45) is 0. The predicted molar refractivity (Wildman–Crippen MR) is 73.1 cm³/mol. The maximum atomic E-state index is 13.6. The number of benzene rings is 2. The summed E-state index contributed by atoms with van der Waals surface area (Å²) in [5, 5.41) is 0. The van der Waals surface area contributed by atoms with E-state index in [0.717, 1.165) is 0 Å². The molecule has 5 heteroatoms. The molecule has 2 aromatic rings. The Labute approximate surface area is 118 Å². The molecule has 0 bridgehead atoms. The molecule has 0 saturated heterocycles. The highest BCUT2D eigenvalue weighted by atomic mass is 79.9. The highest BCUT2D eigenvalue weighted by Gasteiger charge is 2.13. The SMILES string of the molecule is COc1ccc(C(N)c2cc(F)cc(Br)c2)cc1F. The molecule has 100 valence electrons. The van der Waals surface area contributed by atoms with Crippen LogP contribution < -0.4 is 10.5 Å². The molecule has 0 aliphatic carbocycles. The van der Waals surface area contributed by atoms with Crippen LogP contribution >= 0.6 is 15.9 Å². The first-order chi connectivity index (χ1) is 9.01. The van der Waals surface area contributed by atoms with Crippen LogP contribution in [-0.2, 0) is 0 Å². The summed E-state index contributed by atoms with van der Waals surface area (Å²) in [5.41, 5.74) is 7.14. The van der Waals surface area contributed by atoms with Gasteiger partial charge in [0.1, 0.15) is 5.82 Å². The van der Waals surface area contributed by atoms with Crippen molar-refractivity contribution in [2.75, 3.05) is 7.11 Å². The van der Waals surface area contributed by atoms with Crippen LogP contribution in [0.25, 0.3) is 0 Å². The summed E-state index contributed by atoms with van der Waals surface area (Å²) in [6.45, 7) is 0. The molecule has 1 unspecified atom stereocenters. The summed E-state index contributed by atoms with van der Waals surface area (Å²) in [7, 11) is 1.39. The van der Waals surface area contributed by atoms with E-state index in [1.165, 1.54) is 31.4 Å². The second kappa shape index (κ2) is 5.67. The third kappa shape index (κ3) is 3.11. The van der Waals surface area contributed by atoms with Gasteiger partial charge >= 0.3 is 0 Å². The van der Waals surface area contributed by atoms with Gasteiger partial charge in [-0.15, -0.1) is 0 Å². The van der Waals surface area contributed by atoms with E-state index in [0.29, 0.717) is 15.6 Å². The van der Waals surface area contributed by atoms with Gasteiger partial charge in [0.15, 0.2) is 11.6 Å². The van der Waals surface area contributed by atoms with Crippen LogP contribution in [-0.4, -0.2) is 7.11 Å². The average molecular weight is 328 g/mol. The van der Waals surface area contributed by atoms with Crippen molar-refractivity contribution in [2.45, 2.75) is 6.04 Å². The Morgan fingerprint density at radius 2 is 1.84 bits per heavy atom. The quantitative estimate of drug-likeness (QED) is 0.931. The zero-order chi connectivity index (χ0) is 14.0. The minimum Gasteiger partial charge on any atom is -0.494 e. The Morgan fingerprint density at radius 1 is 1.11 bits per heavy atom. The fraction of sp³-hybridized carbons (Fsp3) is 0.143. The highest BCUT2D eigenvalue weighted by molar-refractivity contribution is 9.10. The molecule has 0 amide bonds. The van der Waals surface area contributed by atoms with Crippen LogP contribution in [0.3, 0.4) is 0 Å². The van der Waals surface area contributed by atoms with Crippen LogP contribution in [0.2, 0.25) is 0 Å². The Morgan fingerprint density at radius 3 is 2.42 bits per heavy atom. The van der Waals surface area contributed by atoms with E-state index in [2.05, 4.69) is 15.9 Å². The topological polar surface area (TPSA) is 35.2 Å². The lowest BCUT2D eigenvalue weighted by Crippen LogP contribution is -2.12. The summed E-state index contributed by atoms with van der Waals surface area (Å²) < 4.78 is 32.4. The molecule has 0 aliphatic heterocycles. The van der Waals surface area contributed by atoms with Crippen LogP contribution in [0.4, 0.5) is 8.78 Å². The van der Waals surface area contributed by atoms with Gasteiger partial charge in [0.05, 0.1) is 13.2 Å². The average Bonchev–Trinajstić information content (AvgIpc) is 2.36. The first-order valence-electron chi connectivity index (χ1n) is 5.56. The molecule has 0 saturated carbocycles. The number of halogens is 3. The van der Waals surface area contributed by atoms with Gasteiger partial charge in [-0.05, 0) is 41.5 Å². The van der Waals surface area contributed by atoms with Crippen molar-refractivity contribution < 1.29 is 13.5 Å². The lowest BCUT2D eigenvalue weighted by Gasteiger charge is -2.14. The standard InChI is InChI=1S/C14H12BrF2NO/c1-19-13-3-2-8(6-12(13)17)14(18)9-4-10(15)7-11(16)5-9/h2-7,14H,18H2,1H3. The van der Waals surface area contributed by atoms with Gasteiger partial charge in [0.2, 0.25) is 0 Å². The Hall–Kier alpha value is -1.46. The Bertz CT molecular complexity index is 584. The van der Waals surface area contributed by atoms with E-state index in [9.17, 15) is 8.78 Å². The Kier molecular flexibility index (Phi) is 4.17. The highest BCUT2D eigenvalue weighted by Crippen LogP contribution is 2.27. The molecule has 2 N–H and O–H groups in total. The third-order valence-corrected chi connectivity index (χ3v) is 3.24. The number of nitrogens with two attached hydrogens (primary N) is 1. The summed E-state index contributed by atoms with van der Waals surface area (Å²) >= 11 is 3.20. The zero-order valence-corrected chi connectivity index (χ0v) is 11.7. The van der Waals surface area contributed by atoms with Gasteiger partial charge in [-0.25, -0.2) is 8.78 Å². The molecular weight excluding hydrogens is 316 g/mol. The first-order valence-corrected chi connectivity index (χ1v) is 6.35. The van der Waals surface area contributed by atoms with Crippen LogP contribution in [0.1, 0.15) is 17.2 Å². The third-order valence-electron chi connectivity index (χ3n) is 2.78. The largest absolute Gasteiger partial charge is 0.494 e. The molecule has 0 heterocycles. The van der Waals surface area contributed by atoms with Gasteiger partial charge in [-0.3, -0.25) is 0 Å². The normalized spacial score (nSPS) is 12.3. The lowest BCUT2D eigenvalue weighted by molar-refractivity contribution is 0.386. The van der Waals surface area contributed by atoms with Gasteiger partial charge < -0.3 is 10.5 Å². The zero-order valence-electron chi connectivity index (χ0n) is 10.2. The van der Waals surface area contributed by atoms with E-state index in [1.54, 1.807) is 12.1 Å². The number of ether oxygens (including phenoxy) is 1. The van der Waals surface area contributed by atoms with E-state index in [-0.39, 0.29) is 5.75 Å². The van der Waals surface area contributed by atoms with Crippen molar-refractivity contribution in [2.24, 2.45) is 5.73 Å². The fourth-order valence-corrected chi connectivity index (χ4v) is 2.31. The van der Waals surface area contributed by atoms with Crippen molar-refractivity contribution in [3.8, 4) is 5.75 Å². The molecule has 0 aliphatic rings. The smallest absolute Gasteiger partial charge is 0.165 e. The number of hydrogen-bond donors (Lipinski definition) is 1. The molecule has 0 spiro atoms. The number of methoxy groups -OCH3 is 1. The summed E-state index contributed by atoms with van der Waals surface area (Å²) in [4.78, 5) is 0. The van der Waals surface area contributed by atoms with Crippen LogP contribution in [0.5, 0.6) is 5.75 Å². The summed E-state index contributed by atoms with van der Waals surface area (Å²) in [5.74, 6) is -0.740. The molecule has 19 heavy (non-hydrogen) atoms. The van der Waals surface area contributed by atoms with E-state index in [4.69, 9.17) is 10.5 Å².